The summed E-state index contributed by atoms with van der Waals surface area (Å²) in [5.41, 5.74) is 0. The fraction of sp³-hybridized carbons (Fsp3) is 0.833. The predicted octanol–water partition coefficient (Wildman–Crippen LogP) is 1.21. The van der Waals surface area contributed by atoms with Crippen molar-refractivity contribution in [2.75, 3.05) is 25.4 Å². The molecule has 1 aliphatic rings. The molecule has 5 heteroatoms. The molecule has 17 heavy (non-hydrogen) atoms. The summed E-state index contributed by atoms with van der Waals surface area (Å²) in [4.78, 5) is 0. The minimum atomic E-state index is -3.12. The second kappa shape index (κ2) is 6.52. The van der Waals surface area contributed by atoms with Crippen LogP contribution in [0.5, 0.6) is 0 Å². The molecule has 0 aromatic heterocycles. The van der Waals surface area contributed by atoms with E-state index in [1.165, 1.54) is 6.08 Å². The van der Waals surface area contributed by atoms with Crippen molar-refractivity contribution in [2.45, 2.75) is 32.7 Å². The summed E-state index contributed by atoms with van der Waals surface area (Å²) in [6.45, 7) is 9.92. The molecule has 100 valence electrons. The van der Waals surface area contributed by atoms with Crippen LogP contribution in [0.25, 0.3) is 0 Å². The van der Waals surface area contributed by atoms with Crippen LogP contribution >= 0.6 is 0 Å². The molecule has 0 amide bonds. The molecule has 0 aromatic carbocycles. The van der Waals surface area contributed by atoms with Crippen LogP contribution in [0.3, 0.4) is 0 Å². The molecule has 0 spiro atoms. The number of sulfonamides is 1. The Morgan fingerprint density at radius 1 is 1.53 bits per heavy atom. The van der Waals surface area contributed by atoms with Gasteiger partial charge in [-0.1, -0.05) is 19.9 Å². The lowest BCUT2D eigenvalue weighted by molar-refractivity contribution is 0.257. The molecule has 0 radical (unpaired) electrons. The van der Waals surface area contributed by atoms with E-state index in [4.69, 9.17) is 0 Å². The van der Waals surface area contributed by atoms with E-state index in [-0.39, 0.29) is 5.75 Å². The summed E-state index contributed by atoms with van der Waals surface area (Å²) >= 11 is 0. The predicted molar refractivity (Wildman–Crippen MR) is 71.4 cm³/mol. The lowest BCUT2D eigenvalue weighted by atomic mass is 9.99. The lowest BCUT2D eigenvalue weighted by Gasteiger charge is -2.32. The van der Waals surface area contributed by atoms with Crippen molar-refractivity contribution in [1.82, 2.24) is 9.62 Å². The van der Waals surface area contributed by atoms with Gasteiger partial charge in [0.1, 0.15) is 0 Å². The highest BCUT2D eigenvalue weighted by molar-refractivity contribution is 7.89. The fourth-order valence-corrected chi connectivity index (χ4v) is 3.46. The Labute approximate surface area is 105 Å². The summed E-state index contributed by atoms with van der Waals surface area (Å²) in [5, 5.41) is 3.38. The molecular formula is C12H24N2O2S. The first-order valence-electron chi connectivity index (χ1n) is 6.28. The topological polar surface area (TPSA) is 49.4 Å². The fourth-order valence-electron chi connectivity index (χ4n) is 2.10. The minimum absolute atomic E-state index is 0.0529. The highest BCUT2D eigenvalue weighted by Crippen LogP contribution is 2.19. The Bertz CT molecular complexity index is 338. The molecule has 0 bridgehead atoms. The van der Waals surface area contributed by atoms with E-state index in [0.29, 0.717) is 25.0 Å². The first-order valence-corrected chi connectivity index (χ1v) is 7.88. The first kappa shape index (κ1) is 14.7. The number of hydrogen-bond donors (Lipinski definition) is 1. The van der Waals surface area contributed by atoms with Crippen LogP contribution < -0.4 is 5.32 Å². The molecule has 1 saturated heterocycles. The van der Waals surface area contributed by atoms with Gasteiger partial charge in [-0.25, -0.2) is 12.7 Å². The smallest absolute Gasteiger partial charge is 0.217 e. The van der Waals surface area contributed by atoms with Crippen LogP contribution in [-0.2, 0) is 10.0 Å². The summed E-state index contributed by atoms with van der Waals surface area (Å²) in [7, 11) is -3.12. The molecule has 1 atom stereocenters. The highest BCUT2D eigenvalue weighted by atomic mass is 32.2. The average molecular weight is 260 g/mol. The molecule has 0 aliphatic carbocycles. The van der Waals surface area contributed by atoms with E-state index in [1.807, 2.05) is 0 Å². The van der Waals surface area contributed by atoms with Crippen molar-refractivity contribution < 1.29 is 8.42 Å². The van der Waals surface area contributed by atoms with E-state index in [2.05, 4.69) is 25.7 Å². The van der Waals surface area contributed by atoms with Gasteiger partial charge in [0.2, 0.25) is 10.0 Å². The van der Waals surface area contributed by atoms with Gasteiger partial charge in [0, 0.05) is 19.1 Å². The van der Waals surface area contributed by atoms with Crippen molar-refractivity contribution in [3.63, 3.8) is 0 Å². The normalized spacial score (nSPS) is 22.9. The van der Waals surface area contributed by atoms with Crippen molar-refractivity contribution in [3.8, 4) is 0 Å². The highest BCUT2D eigenvalue weighted by Gasteiger charge is 2.27. The van der Waals surface area contributed by atoms with E-state index >= 15 is 0 Å². The van der Waals surface area contributed by atoms with Gasteiger partial charge in [-0.05, 0) is 25.3 Å². The molecule has 1 aliphatic heterocycles. The van der Waals surface area contributed by atoms with Crippen molar-refractivity contribution in [3.05, 3.63) is 12.7 Å². The lowest BCUT2D eigenvalue weighted by Crippen LogP contribution is -2.44. The van der Waals surface area contributed by atoms with Crippen LogP contribution in [0.15, 0.2) is 12.7 Å². The molecule has 4 nitrogen and oxygen atoms in total. The summed E-state index contributed by atoms with van der Waals surface area (Å²) in [6, 6.07) is 0.454. The number of hydrogen-bond acceptors (Lipinski definition) is 3. The van der Waals surface area contributed by atoms with Crippen LogP contribution in [0.4, 0.5) is 0 Å². The number of piperidine rings is 1. The van der Waals surface area contributed by atoms with Crippen molar-refractivity contribution in [1.29, 1.82) is 0 Å². The maximum atomic E-state index is 11.9. The van der Waals surface area contributed by atoms with E-state index in [0.717, 1.165) is 19.4 Å². The maximum Gasteiger partial charge on any atom is 0.217 e. The SMILES string of the molecule is C=CCS(=O)(=O)N1CCCC(CNC(C)C)C1. The standard InChI is InChI=1S/C12H24N2O2S/c1-4-8-17(15,16)14-7-5-6-12(10-14)9-13-11(2)3/h4,11-13H,1,5-10H2,2-3H3. The quantitative estimate of drug-likeness (QED) is 0.730. The molecule has 1 unspecified atom stereocenters. The van der Waals surface area contributed by atoms with Gasteiger partial charge in [0.25, 0.3) is 0 Å². The zero-order chi connectivity index (χ0) is 12.9. The third-order valence-electron chi connectivity index (χ3n) is 3.02. The number of rotatable bonds is 6. The van der Waals surface area contributed by atoms with E-state index in [9.17, 15) is 8.42 Å². The van der Waals surface area contributed by atoms with Gasteiger partial charge in [-0.3, -0.25) is 0 Å². The Morgan fingerprint density at radius 2 is 2.24 bits per heavy atom. The third-order valence-corrected chi connectivity index (χ3v) is 4.79. The van der Waals surface area contributed by atoms with Crippen LogP contribution in [0.2, 0.25) is 0 Å². The van der Waals surface area contributed by atoms with E-state index in [1.54, 1.807) is 4.31 Å². The minimum Gasteiger partial charge on any atom is -0.314 e. The molecule has 1 fully saturated rings. The molecular weight excluding hydrogens is 236 g/mol. The Balaban J connectivity index is 2.51. The van der Waals surface area contributed by atoms with Gasteiger partial charge in [0.15, 0.2) is 0 Å². The summed E-state index contributed by atoms with van der Waals surface area (Å²) < 4.78 is 25.4. The Kier molecular flexibility index (Phi) is 5.62. The Morgan fingerprint density at radius 3 is 2.82 bits per heavy atom. The van der Waals surface area contributed by atoms with Gasteiger partial charge >= 0.3 is 0 Å². The number of nitrogens with zero attached hydrogens (tertiary/aromatic N) is 1. The monoisotopic (exact) mass is 260 g/mol. The first-order chi connectivity index (χ1) is 7.95. The summed E-state index contributed by atoms with van der Waals surface area (Å²) in [5.74, 6) is 0.489. The molecule has 0 aromatic rings. The molecule has 1 N–H and O–H groups in total. The maximum absolute atomic E-state index is 11.9. The second-order valence-corrected chi connectivity index (χ2v) is 7.01. The van der Waals surface area contributed by atoms with Gasteiger partial charge in [0.05, 0.1) is 5.75 Å². The van der Waals surface area contributed by atoms with Gasteiger partial charge in [-0.2, -0.15) is 0 Å². The average Bonchev–Trinajstić information content (AvgIpc) is 2.27. The van der Waals surface area contributed by atoms with Crippen LogP contribution in [0.1, 0.15) is 26.7 Å². The zero-order valence-corrected chi connectivity index (χ0v) is 11.7. The second-order valence-electron chi connectivity index (χ2n) is 5.00. The number of nitrogens with one attached hydrogen (secondary N) is 1. The Hall–Kier alpha value is -0.390. The van der Waals surface area contributed by atoms with Gasteiger partial charge < -0.3 is 5.32 Å². The zero-order valence-electron chi connectivity index (χ0n) is 10.9. The van der Waals surface area contributed by atoms with Crippen molar-refractivity contribution in [2.24, 2.45) is 5.92 Å². The van der Waals surface area contributed by atoms with Gasteiger partial charge in [-0.15, -0.1) is 6.58 Å². The van der Waals surface area contributed by atoms with Crippen LogP contribution in [0, 0.1) is 5.92 Å². The summed E-state index contributed by atoms with van der Waals surface area (Å²) in [6.07, 6.45) is 3.53. The van der Waals surface area contributed by atoms with E-state index < -0.39 is 10.0 Å². The van der Waals surface area contributed by atoms with Crippen molar-refractivity contribution >= 4 is 10.0 Å². The largest absolute Gasteiger partial charge is 0.314 e. The van der Waals surface area contributed by atoms with Crippen LogP contribution in [-0.4, -0.2) is 44.2 Å². The molecule has 1 heterocycles. The molecule has 1 rings (SSSR count). The molecule has 0 saturated carbocycles. The third kappa shape index (κ3) is 4.77.